The van der Waals surface area contributed by atoms with Gasteiger partial charge in [0.15, 0.2) is 11.5 Å². The highest BCUT2D eigenvalue weighted by molar-refractivity contribution is 9.10. The summed E-state index contributed by atoms with van der Waals surface area (Å²) >= 11 is 3.26. The zero-order chi connectivity index (χ0) is 19.5. The van der Waals surface area contributed by atoms with E-state index in [1.807, 2.05) is 0 Å². The first-order chi connectivity index (χ1) is 12.2. The van der Waals surface area contributed by atoms with Gasteiger partial charge in [0.2, 0.25) is 5.75 Å². The fourth-order valence-electron chi connectivity index (χ4n) is 2.31. The second kappa shape index (κ2) is 7.86. The Morgan fingerprint density at radius 1 is 1.00 bits per heavy atom. The molecule has 2 aromatic carbocycles. The summed E-state index contributed by atoms with van der Waals surface area (Å²) in [4.78, 5) is 12.6. The van der Waals surface area contributed by atoms with Gasteiger partial charge in [-0.15, -0.1) is 0 Å². The second-order valence-electron chi connectivity index (χ2n) is 5.04. The molecule has 0 heterocycles. The number of alkyl halides is 3. The first-order valence-corrected chi connectivity index (χ1v) is 7.99. The molecular formula is C17H15BrF3NO4. The van der Waals surface area contributed by atoms with E-state index >= 15 is 0 Å². The summed E-state index contributed by atoms with van der Waals surface area (Å²) in [5.41, 5.74) is -0.803. The maximum Gasteiger partial charge on any atom is 0.416 e. The molecule has 5 nitrogen and oxygen atoms in total. The number of methoxy groups -OCH3 is 3. The van der Waals surface area contributed by atoms with E-state index < -0.39 is 17.6 Å². The molecule has 0 aliphatic heterocycles. The van der Waals surface area contributed by atoms with E-state index in [9.17, 15) is 18.0 Å². The Hall–Kier alpha value is -2.42. The molecule has 2 rings (SSSR count). The SMILES string of the molecule is COc1c(Br)cc(C(=O)Nc2cccc(C(F)(F)F)c2)c(OC)c1OC. The molecule has 0 saturated heterocycles. The van der Waals surface area contributed by atoms with Gasteiger partial charge < -0.3 is 19.5 Å². The third-order valence-corrected chi connectivity index (χ3v) is 4.04. The van der Waals surface area contributed by atoms with Gasteiger partial charge >= 0.3 is 6.18 Å². The lowest BCUT2D eigenvalue weighted by Crippen LogP contribution is -2.15. The third kappa shape index (κ3) is 4.04. The maximum atomic E-state index is 12.8. The van der Waals surface area contributed by atoms with Gasteiger partial charge in [-0.2, -0.15) is 13.2 Å². The Balaban J connectivity index is 2.43. The number of hydrogen-bond acceptors (Lipinski definition) is 4. The number of ether oxygens (including phenoxy) is 3. The van der Waals surface area contributed by atoms with Crippen molar-refractivity contribution in [2.45, 2.75) is 6.18 Å². The average molecular weight is 434 g/mol. The molecule has 0 aromatic heterocycles. The lowest BCUT2D eigenvalue weighted by molar-refractivity contribution is -0.137. The predicted octanol–water partition coefficient (Wildman–Crippen LogP) is 4.75. The first kappa shape index (κ1) is 19.9. The number of rotatable bonds is 5. The second-order valence-corrected chi connectivity index (χ2v) is 5.89. The normalized spacial score (nSPS) is 11.0. The van der Waals surface area contributed by atoms with Crippen molar-refractivity contribution in [3.05, 3.63) is 45.9 Å². The van der Waals surface area contributed by atoms with Crippen molar-refractivity contribution < 1.29 is 32.2 Å². The molecule has 1 N–H and O–H groups in total. The molecular weight excluding hydrogens is 419 g/mol. The number of hydrogen-bond donors (Lipinski definition) is 1. The van der Waals surface area contributed by atoms with Gasteiger partial charge in [-0.25, -0.2) is 0 Å². The Bertz CT molecular complexity index is 824. The quantitative estimate of drug-likeness (QED) is 0.739. The molecule has 26 heavy (non-hydrogen) atoms. The summed E-state index contributed by atoms with van der Waals surface area (Å²) in [7, 11) is 4.14. The van der Waals surface area contributed by atoms with Crippen LogP contribution in [0.3, 0.4) is 0 Å². The monoisotopic (exact) mass is 433 g/mol. The molecule has 0 unspecified atom stereocenters. The minimum Gasteiger partial charge on any atom is -0.492 e. The number of carbonyl (C=O) groups is 1. The van der Waals surface area contributed by atoms with Crippen molar-refractivity contribution in [2.75, 3.05) is 26.6 Å². The Kier molecular flexibility index (Phi) is 6.01. The number of nitrogens with one attached hydrogen (secondary N) is 1. The highest BCUT2D eigenvalue weighted by atomic mass is 79.9. The molecule has 9 heteroatoms. The van der Waals surface area contributed by atoms with Crippen LogP contribution in [-0.2, 0) is 6.18 Å². The van der Waals surface area contributed by atoms with Crippen molar-refractivity contribution in [2.24, 2.45) is 0 Å². The number of anilines is 1. The van der Waals surface area contributed by atoms with Crippen LogP contribution in [-0.4, -0.2) is 27.2 Å². The van der Waals surface area contributed by atoms with Gasteiger partial charge in [0, 0.05) is 5.69 Å². The topological polar surface area (TPSA) is 56.8 Å². The van der Waals surface area contributed by atoms with Gasteiger partial charge in [0.1, 0.15) is 0 Å². The van der Waals surface area contributed by atoms with Gasteiger partial charge in [0.05, 0.1) is 36.9 Å². The lowest BCUT2D eigenvalue weighted by Gasteiger charge is -2.17. The Labute approximate surface area is 156 Å². The van der Waals surface area contributed by atoms with Crippen LogP contribution < -0.4 is 19.5 Å². The summed E-state index contributed by atoms with van der Waals surface area (Å²) in [6.07, 6.45) is -4.51. The molecule has 0 aliphatic carbocycles. The summed E-state index contributed by atoms with van der Waals surface area (Å²) in [6, 6.07) is 5.77. The van der Waals surface area contributed by atoms with E-state index in [4.69, 9.17) is 14.2 Å². The van der Waals surface area contributed by atoms with Crippen LogP contribution in [0.4, 0.5) is 18.9 Å². The molecule has 0 atom stereocenters. The smallest absolute Gasteiger partial charge is 0.416 e. The molecule has 0 aliphatic rings. The minimum absolute atomic E-state index is 0.00205. The van der Waals surface area contributed by atoms with E-state index in [0.717, 1.165) is 12.1 Å². The van der Waals surface area contributed by atoms with E-state index in [-0.39, 0.29) is 22.7 Å². The largest absolute Gasteiger partial charge is 0.492 e. The van der Waals surface area contributed by atoms with Crippen molar-refractivity contribution in [1.82, 2.24) is 0 Å². The third-order valence-electron chi connectivity index (χ3n) is 3.45. The number of carbonyl (C=O) groups excluding carboxylic acids is 1. The van der Waals surface area contributed by atoms with Crippen LogP contribution in [0.2, 0.25) is 0 Å². The van der Waals surface area contributed by atoms with Crippen molar-refractivity contribution in [1.29, 1.82) is 0 Å². The summed E-state index contributed by atoms with van der Waals surface area (Å²) in [6.45, 7) is 0. The van der Waals surface area contributed by atoms with E-state index in [2.05, 4.69) is 21.2 Å². The predicted molar refractivity (Wildman–Crippen MR) is 93.2 cm³/mol. The number of halogens is 4. The fourth-order valence-corrected chi connectivity index (χ4v) is 2.88. The van der Waals surface area contributed by atoms with E-state index in [1.54, 1.807) is 0 Å². The van der Waals surface area contributed by atoms with Gasteiger partial charge in [-0.3, -0.25) is 4.79 Å². The molecule has 0 radical (unpaired) electrons. The van der Waals surface area contributed by atoms with Crippen LogP contribution in [0, 0.1) is 0 Å². The summed E-state index contributed by atoms with van der Waals surface area (Å²) < 4.78 is 54.5. The zero-order valence-electron chi connectivity index (χ0n) is 14.0. The van der Waals surface area contributed by atoms with Gasteiger partial charge in [0.25, 0.3) is 5.91 Å². The average Bonchev–Trinajstić information content (AvgIpc) is 2.60. The maximum absolute atomic E-state index is 12.8. The van der Waals surface area contributed by atoms with Crippen LogP contribution in [0.5, 0.6) is 17.2 Å². The highest BCUT2D eigenvalue weighted by Crippen LogP contribution is 2.45. The Morgan fingerprint density at radius 3 is 2.15 bits per heavy atom. The Morgan fingerprint density at radius 2 is 1.62 bits per heavy atom. The molecule has 140 valence electrons. The fraction of sp³-hybridized carbons (Fsp3) is 0.235. The molecule has 2 aromatic rings. The van der Waals surface area contributed by atoms with Crippen molar-refractivity contribution in [3.8, 4) is 17.2 Å². The molecule has 0 bridgehead atoms. The van der Waals surface area contributed by atoms with Crippen molar-refractivity contribution >= 4 is 27.5 Å². The zero-order valence-corrected chi connectivity index (χ0v) is 15.6. The summed E-state index contributed by atoms with van der Waals surface area (Å²) in [5, 5.41) is 2.43. The van der Waals surface area contributed by atoms with Crippen molar-refractivity contribution in [3.63, 3.8) is 0 Å². The molecule has 0 fully saturated rings. The first-order valence-electron chi connectivity index (χ1n) is 7.20. The van der Waals surface area contributed by atoms with Crippen LogP contribution >= 0.6 is 15.9 Å². The standard InChI is InChI=1S/C17H15BrF3NO4/c1-24-13-11(8-12(18)14(25-2)15(13)26-3)16(23)22-10-6-4-5-9(7-10)17(19,20)21/h4-8H,1-3H3,(H,22,23). The van der Waals surface area contributed by atoms with Gasteiger partial charge in [-0.05, 0) is 40.2 Å². The molecule has 1 amide bonds. The van der Waals surface area contributed by atoms with Crippen LogP contribution in [0.1, 0.15) is 15.9 Å². The summed E-state index contributed by atoms with van der Waals surface area (Å²) in [5.74, 6) is -0.0709. The molecule has 0 saturated carbocycles. The van der Waals surface area contributed by atoms with Crippen LogP contribution in [0.25, 0.3) is 0 Å². The minimum atomic E-state index is -4.51. The molecule has 0 spiro atoms. The lowest BCUT2D eigenvalue weighted by atomic mass is 10.1. The number of benzene rings is 2. The highest BCUT2D eigenvalue weighted by Gasteiger charge is 2.31. The van der Waals surface area contributed by atoms with Gasteiger partial charge in [-0.1, -0.05) is 6.07 Å². The van der Waals surface area contributed by atoms with E-state index in [1.165, 1.54) is 39.5 Å². The number of amides is 1. The van der Waals surface area contributed by atoms with Crippen LogP contribution in [0.15, 0.2) is 34.8 Å². The van der Waals surface area contributed by atoms with E-state index in [0.29, 0.717) is 10.2 Å².